The Morgan fingerprint density at radius 2 is 1.96 bits per heavy atom. The summed E-state index contributed by atoms with van der Waals surface area (Å²) in [5.74, 6) is -1.11. The molecule has 25 heavy (non-hydrogen) atoms. The third kappa shape index (κ3) is 4.69. The Bertz CT molecular complexity index is 855. The Morgan fingerprint density at radius 1 is 1.24 bits per heavy atom. The van der Waals surface area contributed by atoms with Gasteiger partial charge in [-0.1, -0.05) is 13.8 Å². The Balaban J connectivity index is 2.26. The van der Waals surface area contributed by atoms with Crippen LogP contribution >= 0.6 is 0 Å². The van der Waals surface area contributed by atoms with Gasteiger partial charge in [-0.05, 0) is 30.5 Å². The topological polar surface area (TPSA) is 108 Å². The van der Waals surface area contributed by atoms with Gasteiger partial charge in [-0.3, -0.25) is 9.59 Å². The molecule has 2 aromatic rings. The number of methoxy groups -OCH3 is 1. The molecule has 1 heterocycles. The smallest absolute Gasteiger partial charge is 0.339 e. The fraction of sp³-hybridized carbons (Fsp3) is 0.278. The Kier molecular flexibility index (Phi) is 5.59. The second-order valence-corrected chi connectivity index (χ2v) is 6.03. The molecule has 7 nitrogen and oxygen atoms in total. The van der Waals surface area contributed by atoms with Gasteiger partial charge in [-0.25, -0.2) is 4.79 Å². The number of amides is 1. The van der Waals surface area contributed by atoms with E-state index in [9.17, 15) is 14.4 Å². The first-order chi connectivity index (χ1) is 11.8. The molecule has 0 unspecified atom stereocenters. The van der Waals surface area contributed by atoms with E-state index in [1.165, 1.54) is 31.4 Å². The number of hydrogen-bond acceptors (Lipinski definition) is 4. The van der Waals surface area contributed by atoms with Crippen molar-refractivity contribution >= 4 is 17.6 Å². The number of aromatic amines is 1. The first-order valence-corrected chi connectivity index (χ1v) is 7.76. The largest absolute Gasteiger partial charge is 0.496 e. The van der Waals surface area contributed by atoms with E-state index in [1.54, 1.807) is 6.07 Å². The zero-order valence-corrected chi connectivity index (χ0v) is 14.3. The monoisotopic (exact) mass is 344 g/mol. The summed E-state index contributed by atoms with van der Waals surface area (Å²) in [7, 11) is 1.35. The van der Waals surface area contributed by atoms with Crippen molar-refractivity contribution in [2.75, 3.05) is 12.4 Å². The number of pyridine rings is 1. The van der Waals surface area contributed by atoms with Crippen molar-refractivity contribution in [1.29, 1.82) is 0 Å². The molecule has 7 heteroatoms. The van der Waals surface area contributed by atoms with E-state index < -0.39 is 11.9 Å². The molecule has 0 atom stereocenters. The Hall–Kier alpha value is -3.09. The number of rotatable bonds is 6. The first kappa shape index (κ1) is 18.3. The van der Waals surface area contributed by atoms with E-state index in [-0.39, 0.29) is 22.4 Å². The van der Waals surface area contributed by atoms with Crippen LogP contribution < -0.4 is 15.6 Å². The highest BCUT2D eigenvalue weighted by atomic mass is 16.5. The van der Waals surface area contributed by atoms with Crippen LogP contribution in [0.2, 0.25) is 0 Å². The minimum absolute atomic E-state index is 0.00382. The van der Waals surface area contributed by atoms with Crippen LogP contribution in [0.3, 0.4) is 0 Å². The van der Waals surface area contributed by atoms with Crippen molar-refractivity contribution in [1.82, 2.24) is 4.98 Å². The molecule has 0 saturated heterocycles. The number of anilines is 1. The number of carboxylic acid groups (broad SMARTS) is 1. The van der Waals surface area contributed by atoms with Crippen LogP contribution in [0.15, 0.2) is 35.1 Å². The molecule has 3 N–H and O–H groups in total. The number of carbonyl (C=O) groups is 2. The minimum atomic E-state index is -1.12. The van der Waals surface area contributed by atoms with Gasteiger partial charge in [-0.15, -0.1) is 0 Å². The van der Waals surface area contributed by atoms with E-state index in [0.29, 0.717) is 23.7 Å². The lowest BCUT2D eigenvalue weighted by molar-refractivity contribution is 0.0693. The lowest BCUT2D eigenvalue weighted by Gasteiger charge is -2.10. The van der Waals surface area contributed by atoms with Crippen LogP contribution in [0.5, 0.6) is 5.75 Å². The highest BCUT2D eigenvalue weighted by molar-refractivity contribution is 6.04. The van der Waals surface area contributed by atoms with E-state index in [4.69, 9.17) is 9.84 Å². The van der Waals surface area contributed by atoms with Crippen LogP contribution in [-0.2, 0) is 6.42 Å². The maximum atomic E-state index is 12.4. The SMILES string of the molecule is COc1cc(NC(=O)c2cc(CC(C)C)[nH]c(=O)c2)ccc1C(=O)O. The van der Waals surface area contributed by atoms with Gasteiger partial charge in [0.05, 0.1) is 7.11 Å². The van der Waals surface area contributed by atoms with Gasteiger partial charge in [0.15, 0.2) is 0 Å². The van der Waals surface area contributed by atoms with E-state index in [0.717, 1.165) is 0 Å². The summed E-state index contributed by atoms with van der Waals surface area (Å²) in [6, 6.07) is 7.09. The minimum Gasteiger partial charge on any atom is -0.496 e. The summed E-state index contributed by atoms with van der Waals surface area (Å²) < 4.78 is 5.03. The molecular formula is C18H20N2O5. The number of ether oxygens (including phenoxy) is 1. The Morgan fingerprint density at radius 3 is 2.56 bits per heavy atom. The molecule has 1 aromatic carbocycles. The number of aromatic carboxylic acids is 1. The number of H-pyrrole nitrogens is 1. The first-order valence-electron chi connectivity index (χ1n) is 7.76. The molecule has 132 valence electrons. The van der Waals surface area contributed by atoms with Gasteiger partial charge in [-0.2, -0.15) is 0 Å². The van der Waals surface area contributed by atoms with Crippen LogP contribution in [0.25, 0.3) is 0 Å². The fourth-order valence-corrected chi connectivity index (χ4v) is 2.43. The lowest BCUT2D eigenvalue weighted by Crippen LogP contribution is -2.18. The second-order valence-electron chi connectivity index (χ2n) is 6.03. The molecule has 0 aliphatic heterocycles. The van der Waals surface area contributed by atoms with Crippen LogP contribution in [0, 0.1) is 5.92 Å². The molecule has 0 aliphatic rings. The van der Waals surface area contributed by atoms with Crippen molar-refractivity contribution in [3.63, 3.8) is 0 Å². The van der Waals surface area contributed by atoms with Gasteiger partial charge in [0.25, 0.3) is 5.91 Å². The van der Waals surface area contributed by atoms with Crippen molar-refractivity contribution in [2.24, 2.45) is 5.92 Å². The van der Waals surface area contributed by atoms with Crippen molar-refractivity contribution in [3.05, 3.63) is 57.5 Å². The number of hydrogen-bond donors (Lipinski definition) is 3. The zero-order valence-electron chi connectivity index (χ0n) is 14.3. The Labute approximate surface area is 144 Å². The van der Waals surface area contributed by atoms with Gasteiger partial charge in [0.2, 0.25) is 5.56 Å². The van der Waals surface area contributed by atoms with Crippen LogP contribution in [-0.4, -0.2) is 29.1 Å². The van der Waals surface area contributed by atoms with Crippen molar-refractivity contribution in [3.8, 4) is 5.75 Å². The molecule has 0 fully saturated rings. The van der Waals surface area contributed by atoms with Gasteiger partial charge in [0, 0.05) is 29.1 Å². The summed E-state index contributed by atoms with van der Waals surface area (Å²) >= 11 is 0. The predicted molar refractivity (Wildman–Crippen MR) is 93.5 cm³/mol. The van der Waals surface area contributed by atoms with Crippen molar-refractivity contribution < 1.29 is 19.4 Å². The summed E-state index contributed by atoms with van der Waals surface area (Å²) in [4.78, 5) is 38.0. The predicted octanol–water partition coefficient (Wildman–Crippen LogP) is 2.53. The normalized spacial score (nSPS) is 10.6. The molecule has 0 spiro atoms. The number of carboxylic acids is 1. The average Bonchev–Trinajstić information content (AvgIpc) is 2.53. The maximum Gasteiger partial charge on any atom is 0.339 e. The average molecular weight is 344 g/mol. The molecule has 0 aliphatic carbocycles. The number of aromatic nitrogens is 1. The third-order valence-corrected chi connectivity index (χ3v) is 3.48. The van der Waals surface area contributed by atoms with Crippen LogP contribution in [0.4, 0.5) is 5.69 Å². The molecule has 1 aromatic heterocycles. The standard InChI is InChI=1S/C18H20N2O5/c1-10(2)6-13-7-11(8-16(21)19-13)17(22)20-12-4-5-14(18(23)24)15(9-12)25-3/h4-5,7-10H,6H2,1-3H3,(H,19,21)(H,20,22)(H,23,24). The van der Waals surface area contributed by atoms with Gasteiger partial charge >= 0.3 is 5.97 Å². The maximum absolute atomic E-state index is 12.4. The van der Waals surface area contributed by atoms with Crippen molar-refractivity contribution in [2.45, 2.75) is 20.3 Å². The molecule has 0 bridgehead atoms. The molecule has 1 amide bonds. The van der Waals surface area contributed by atoms with E-state index >= 15 is 0 Å². The van der Waals surface area contributed by atoms with Gasteiger partial charge < -0.3 is 20.1 Å². The summed E-state index contributed by atoms with van der Waals surface area (Å²) in [6.07, 6.45) is 0.650. The van der Waals surface area contributed by atoms with E-state index in [1.807, 2.05) is 13.8 Å². The number of carbonyl (C=O) groups excluding carboxylic acids is 1. The molecular weight excluding hydrogens is 324 g/mol. The summed E-state index contributed by atoms with van der Waals surface area (Å²) in [5.41, 5.74) is 0.947. The van der Waals surface area contributed by atoms with Crippen LogP contribution in [0.1, 0.15) is 40.3 Å². The second kappa shape index (κ2) is 7.65. The zero-order chi connectivity index (χ0) is 18.6. The highest BCUT2D eigenvalue weighted by Gasteiger charge is 2.14. The quantitative estimate of drug-likeness (QED) is 0.746. The third-order valence-electron chi connectivity index (χ3n) is 3.48. The summed E-state index contributed by atoms with van der Waals surface area (Å²) in [6.45, 7) is 4.03. The molecule has 2 rings (SSSR count). The molecule has 0 radical (unpaired) electrons. The molecule has 0 saturated carbocycles. The highest BCUT2D eigenvalue weighted by Crippen LogP contribution is 2.23. The summed E-state index contributed by atoms with van der Waals surface area (Å²) in [5, 5.41) is 11.7. The fourth-order valence-electron chi connectivity index (χ4n) is 2.43. The lowest BCUT2D eigenvalue weighted by atomic mass is 10.1. The number of nitrogens with one attached hydrogen (secondary N) is 2. The number of benzene rings is 1. The van der Waals surface area contributed by atoms with E-state index in [2.05, 4.69) is 10.3 Å². The van der Waals surface area contributed by atoms with Gasteiger partial charge in [0.1, 0.15) is 11.3 Å².